The number of hydrogen-bond acceptors (Lipinski definition) is 2. The molecular formula is C15H10BrFN2O. The zero-order valence-electron chi connectivity index (χ0n) is 10.4. The minimum absolute atomic E-state index is 0.279. The van der Waals surface area contributed by atoms with Crippen molar-refractivity contribution in [2.75, 3.05) is 0 Å². The summed E-state index contributed by atoms with van der Waals surface area (Å²) in [7, 11) is 0. The van der Waals surface area contributed by atoms with E-state index >= 15 is 0 Å². The molecular weight excluding hydrogens is 323 g/mol. The highest BCUT2D eigenvalue weighted by Crippen LogP contribution is 2.21. The Kier molecular flexibility index (Phi) is 3.36. The lowest BCUT2D eigenvalue weighted by Crippen LogP contribution is -2.01. The molecule has 0 saturated carbocycles. The summed E-state index contributed by atoms with van der Waals surface area (Å²) in [6.07, 6.45) is 4.15. The van der Waals surface area contributed by atoms with E-state index in [0.717, 1.165) is 16.1 Å². The zero-order valence-corrected chi connectivity index (χ0v) is 12.0. The van der Waals surface area contributed by atoms with E-state index in [0.29, 0.717) is 23.3 Å². The molecule has 3 aromatic rings. The minimum Gasteiger partial charge on any atom is -0.327 e. The van der Waals surface area contributed by atoms with Crippen LogP contribution in [0.4, 0.5) is 4.39 Å². The van der Waals surface area contributed by atoms with Gasteiger partial charge in [-0.05, 0) is 30.3 Å². The molecule has 0 saturated heterocycles. The maximum atomic E-state index is 13.8. The Balaban J connectivity index is 2.11. The van der Waals surface area contributed by atoms with Gasteiger partial charge >= 0.3 is 0 Å². The van der Waals surface area contributed by atoms with E-state index < -0.39 is 0 Å². The summed E-state index contributed by atoms with van der Waals surface area (Å²) >= 11 is 3.33. The number of fused-ring (bicyclic) bond motifs is 1. The van der Waals surface area contributed by atoms with Gasteiger partial charge in [-0.15, -0.1) is 0 Å². The molecule has 0 aliphatic rings. The molecule has 0 aliphatic heterocycles. The Labute approximate surface area is 123 Å². The molecule has 5 heteroatoms. The number of rotatable bonds is 3. The van der Waals surface area contributed by atoms with Crippen molar-refractivity contribution in [1.82, 2.24) is 9.55 Å². The molecule has 3 nitrogen and oxygen atoms in total. The average molecular weight is 333 g/mol. The lowest BCUT2D eigenvalue weighted by Gasteiger charge is -2.06. The van der Waals surface area contributed by atoms with Crippen molar-refractivity contribution in [2.24, 2.45) is 0 Å². The fraction of sp³-hybridized carbons (Fsp3) is 0.0667. The van der Waals surface area contributed by atoms with Crippen molar-refractivity contribution in [3.63, 3.8) is 0 Å². The summed E-state index contributed by atoms with van der Waals surface area (Å²) in [4.78, 5) is 15.4. The van der Waals surface area contributed by atoms with Gasteiger partial charge < -0.3 is 4.57 Å². The van der Waals surface area contributed by atoms with Crippen molar-refractivity contribution in [3.05, 3.63) is 64.1 Å². The smallest absolute Gasteiger partial charge is 0.152 e. The number of halogens is 2. The van der Waals surface area contributed by atoms with E-state index in [1.165, 1.54) is 6.07 Å². The van der Waals surface area contributed by atoms with Gasteiger partial charge in [0.05, 0.1) is 6.54 Å². The van der Waals surface area contributed by atoms with Gasteiger partial charge in [-0.25, -0.2) is 9.37 Å². The number of hydrogen-bond donors (Lipinski definition) is 0. The Hall–Kier alpha value is -2.01. The van der Waals surface area contributed by atoms with E-state index in [-0.39, 0.29) is 5.82 Å². The molecule has 0 radical (unpaired) electrons. The van der Waals surface area contributed by atoms with Crippen LogP contribution in [0.2, 0.25) is 0 Å². The summed E-state index contributed by atoms with van der Waals surface area (Å²) in [6.45, 7) is 0.326. The third kappa shape index (κ3) is 2.25. The Bertz CT molecular complexity index is 798. The van der Waals surface area contributed by atoms with Gasteiger partial charge in [-0.2, -0.15) is 0 Å². The normalized spacial score (nSPS) is 10.9. The topological polar surface area (TPSA) is 34.9 Å². The molecule has 2 heterocycles. The Morgan fingerprint density at radius 3 is 3.00 bits per heavy atom. The van der Waals surface area contributed by atoms with Crippen LogP contribution in [0.1, 0.15) is 15.9 Å². The number of aldehydes is 1. The maximum Gasteiger partial charge on any atom is 0.152 e. The summed E-state index contributed by atoms with van der Waals surface area (Å²) < 4.78 is 16.4. The van der Waals surface area contributed by atoms with Crippen LogP contribution in [0, 0.1) is 5.82 Å². The minimum atomic E-state index is -0.279. The monoisotopic (exact) mass is 332 g/mol. The van der Waals surface area contributed by atoms with E-state index in [1.54, 1.807) is 35.2 Å². The quantitative estimate of drug-likeness (QED) is 0.684. The van der Waals surface area contributed by atoms with Crippen molar-refractivity contribution in [1.29, 1.82) is 0 Å². The van der Waals surface area contributed by atoms with Crippen LogP contribution < -0.4 is 0 Å². The van der Waals surface area contributed by atoms with Gasteiger partial charge in [0.1, 0.15) is 11.5 Å². The molecule has 100 valence electrons. The second-order valence-electron chi connectivity index (χ2n) is 4.44. The molecule has 0 aliphatic carbocycles. The van der Waals surface area contributed by atoms with Crippen LogP contribution in [0.15, 0.2) is 47.2 Å². The second kappa shape index (κ2) is 5.17. The first-order valence-corrected chi connectivity index (χ1v) is 6.81. The summed E-state index contributed by atoms with van der Waals surface area (Å²) in [6, 6.07) is 8.41. The molecule has 2 aromatic heterocycles. The molecule has 0 unspecified atom stereocenters. The van der Waals surface area contributed by atoms with Crippen LogP contribution in [-0.4, -0.2) is 15.8 Å². The molecule has 0 amide bonds. The van der Waals surface area contributed by atoms with Crippen molar-refractivity contribution in [2.45, 2.75) is 6.54 Å². The lowest BCUT2D eigenvalue weighted by atomic mass is 10.2. The number of carbonyl (C=O) groups excluding carboxylic acids is 1. The van der Waals surface area contributed by atoms with Gasteiger partial charge in [-0.1, -0.05) is 15.9 Å². The third-order valence-corrected chi connectivity index (χ3v) is 3.63. The molecule has 3 rings (SSSR count). The fourth-order valence-electron chi connectivity index (χ4n) is 2.21. The largest absolute Gasteiger partial charge is 0.327 e. The van der Waals surface area contributed by atoms with Gasteiger partial charge in [0, 0.05) is 33.4 Å². The summed E-state index contributed by atoms with van der Waals surface area (Å²) in [5.74, 6) is -0.279. The highest BCUT2D eigenvalue weighted by atomic mass is 79.9. The van der Waals surface area contributed by atoms with E-state index in [1.807, 2.05) is 6.07 Å². The van der Waals surface area contributed by atoms with Crippen molar-refractivity contribution >= 4 is 33.2 Å². The van der Waals surface area contributed by atoms with Crippen LogP contribution in [0.25, 0.3) is 11.0 Å². The second-order valence-corrected chi connectivity index (χ2v) is 5.36. The molecule has 20 heavy (non-hydrogen) atoms. The average Bonchev–Trinajstić information content (AvgIpc) is 2.81. The van der Waals surface area contributed by atoms with Crippen LogP contribution in [0.3, 0.4) is 0 Å². The number of aromatic nitrogens is 2. The molecule has 0 N–H and O–H groups in total. The fourth-order valence-corrected chi connectivity index (χ4v) is 2.62. The van der Waals surface area contributed by atoms with Gasteiger partial charge in [-0.3, -0.25) is 4.79 Å². The lowest BCUT2D eigenvalue weighted by molar-refractivity contribution is 0.112. The van der Waals surface area contributed by atoms with Crippen molar-refractivity contribution in [3.8, 4) is 0 Å². The van der Waals surface area contributed by atoms with Gasteiger partial charge in [0.2, 0.25) is 0 Å². The number of carbonyl (C=O) groups is 1. The standard InChI is InChI=1S/C15H10BrFN2O/c16-12-3-4-14(17)10(6-12)7-19-8-11(9-20)13-2-1-5-18-15(13)19/h1-6,8-9H,7H2. The molecule has 0 fully saturated rings. The highest BCUT2D eigenvalue weighted by molar-refractivity contribution is 9.10. The highest BCUT2D eigenvalue weighted by Gasteiger charge is 2.11. The molecule has 1 aromatic carbocycles. The zero-order chi connectivity index (χ0) is 14.1. The molecule has 0 spiro atoms. The van der Waals surface area contributed by atoms with E-state index in [4.69, 9.17) is 0 Å². The predicted molar refractivity (Wildman–Crippen MR) is 78.3 cm³/mol. The Morgan fingerprint density at radius 2 is 2.20 bits per heavy atom. The number of pyridine rings is 1. The predicted octanol–water partition coefficient (Wildman–Crippen LogP) is 3.80. The van der Waals surface area contributed by atoms with E-state index in [9.17, 15) is 9.18 Å². The van der Waals surface area contributed by atoms with Crippen molar-refractivity contribution < 1.29 is 9.18 Å². The van der Waals surface area contributed by atoms with E-state index in [2.05, 4.69) is 20.9 Å². The maximum absolute atomic E-state index is 13.8. The van der Waals surface area contributed by atoms with Crippen LogP contribution >= 0.6 is 15.9 Å². The summed E-state index contributed by atoms with van der Waals surface area (Å²) in [5, 5.41) is 0.776. The number of nitrogens with zero attached hydrogens (tertiary/aromatic N) is 2. The Morgan fingerprint density at radius 1 is 1.35 bits per heavy atom. The first-order chi connectivity index (χ1) is 9.69. The SMILES string of the molecule is O=Cc1cn(Cc2cc(Br)ccc2F)c2ncccc12. The first-order valence-electron chi connectivity index (χ1n) is 6.02. The van der Waals surface area contributed by atoms with Crippen LogP contribution in [-0.2, 0) is 6.54 Å². The molecule has 0 bridgehead atoms. The first kappa shape index (κ1) is 13.0. The van der Waals surface area contributed by atoms with Gasteiger partial charge in [0.15, 0.2) is 6.29 Å². The third-order valence-electron chi connectivity index (χ3n) is 3.14. The summed E-state index contributed by atoms with van der Waals surface area (Å²) in [5.41, 5.74) is 1.77. The van der Waals surface area contributed by atoms with Crippen LogP contribution in [0.5, 0.6) is 0 Å². The number of benzene rings is 1. The van der Waals surface area contributed by atoms with Gasteiger partial charge in [0.25, 0.3) is 0 Å². The molecule has 0 atom stereocenters.